The van der Waals surface area contributed by atoms with Crippen molar-refractivity contribution >= 4 is 5.82 Å². The number of halogens is 3. The Morgan fingerprint density at radius 1 is 1.26 bits per heavy atom. The van der Waals surface area contributed by atoms with E-state index < -0.39 is 12.7 Å². The number of hydrogen-bond acceptors (Lipinski definition) is 4. The fourth-order valence-electron chi connectivity index (χ4n) is 1.57. The number of hydrogen-bond donors (Lipinski definition) is 1. The van der Waals surface area contributed by atoms with Crippen molar-refractivity contribution in [3.05, 3.63) is 18.1 Å². The van der Waals surface area contributed by atoms with Gasteiger partial charge in [-0.2, -0.15) is 13.2 Å². The molecule has 0 unspecified atom stereocenters. The van der Waals surface area contributed by atoms with Crippen molar-refractivity contribution in [1.82, 2.24) is 14.9 Å². The highest BCUT2D eigenvalue weighted by Crippen LogP contribution is 2.19. The van der Waals surface area contributed by atoms with Gasteiger partial charge in [0.25, 0.3) is 0 Å². The molecular weight excluding hydrogens is 257 g/mol. The van der Waals surface area contributed by atoms with E-state index in [0.717, 1.165) is 6.54 Å². The number of rotatable bonds is 6. The Morgan fingerprint density at radius 2 is 1.95 bits per heavy atom. The van der Waals surface area contributed by atoms with Crippen LogP contribution < -0.4 is 5.32 Å². The van der Waals surface area contributed by atoms with Gasteiger partial charge in [-0.25, -0.2) is 4.98 Å². The Balaban J connectivity index is 2.68. The van der Waals surface area contributed by atoms with Crippen LogP contribution in [-0.2, 0) is 6.54 Å². The number of anilines is 1. The van der Waals surface area contributed by atoms with E-state index in [1.807, 2.05) is 6.92 Å². The molecule has 1 rings (SSSR count). The third kappa shape index (κ3) is 5.87. The number of nitrogens with one attached hydrogen (secondary N) is 1. The van der Waals surface area contributed by atoms with E-state index in [1.54, 1.807) is 13.8 Å². The summed E-state index contributed by atoms with van der Waals surface area (Å²) in [6, 6.07) is -0.211. The zero-order valence-corrected chi connectivity index (χ0v) is 11.3. The average Bonchev–Trinajstić information content (AvgIpc) is 2.29. The number of aromatic nitrogens is 2. The standard InChI is InChI=1S/C12H19F3N4/c1-4-16-11-6-17-10(5-18-11)7-19(9(2)3)8-12(13,14)15/h5-6,9H,4,7-8H2,1-3H3,(H,16,18). The largest absolute Gasteiger partial charge is 0.401 e. The third-order valence-electron chi connectivity index (χ3n) is 2.54. The van der Waals surface area contributed by atoms with Gasteiger partial charge in [0.1, 0.15) is 5.82 Å². The second-order valence-electron chi connectivity index (χ2n) is 4.54. The highest BCUT2D eigenvalue weighted by Gasteiger charge is 2.31. The molecule has 108 valence electrons. The quantitative estimate of drug-likeness (QED) is 0.867. The lowest BCUT2D eigenvalue weighted by Crippen LogP contribution is -2.38. The van der Waals surface area contributed by atoms with Crippen LogP contribution >= 0.6 is 0 Å². The monoisotopic (exact) mass is 276 g/mol. The Morgan fingerprint density at radius 3 is 2.37 bits per heavy atom. The average molecular weight is 276 g/mol. The summed E-state index contributed by atoms with van der Waals surface area (Å²) in [7, 11) is 0. The molecule has 0 saturated carbocycles. The Bertz CT molecular complexity index is 376. The fraction of sp³-hybridized carbons (Fsp3) is 0.667. The van der Waals surface area contributed by atoms with Gasteiger partial charge in [0.2, 0.25) is 0 Å². The summed E-state index contributed by atoms with van der Waals surface area (Å²) in [4.78, 5) is 9.53. The first-order chi connectivity index (χ1) is 8.81. The van der Waals surface area contributed by atoms with Crippen molar-refractivity contribution in [3.63, 3.8) is 0 Å². The number of nitrogens with zero attached hydrogens (tertiary/aromatic N) is 3. The van der Waals surface area contributed by atoms with Gasteiger partial charge in [-0.15, -0.1) is 0 Å². The van der Waals surface area contributed by atoms with E-state index in [4.69, 9.17) is 0 Å². The minimum absolute atomic E-state index is 0.135. The SMILES string of the molecule is CCNc1cnc(CN(CC(F)(F)F)C(C)C)cn1. The van der Waals surface area contributed by atoms with Crippen LogP contribution in [-0.4, -0.2) is 40.2 Å². The molecule has 0 aliphatic carbocycles. The van der Waals surface area contributed by atoms with Crippen molar-refractivity contribution in [1.29, 1.82) is 0 Å². The van der Waals surface area contributed by atoms with Crippen LogP contribution in [0.1, 0.15) is 26.5 Å². The van der Waals surface area contributed by atoms with Crippen LogP contribution in [0.15, 0.2) is 12.4 Å². The fourth-order valence-corrected chi connectivity index (χ4v) is 1.57. The lowest BCUT2D eigenvalue weighted by molar-refractivity contribution is -0.151. The minimum atomic E-state index is -4.21. The normalized spacial score (nSPS) is 12.2. The van der Waals surface area contributed by atoms with E-state index in [2.05, 4.69) is 15.3 Å². The molecule has 1 heterocycles. The lowest BCUT2D eigenvalue weighted by Gasteiger charge is -2.26. The van der Waals surface area contributed by atoms with E-state index in [-0.39, 0.29) is 12.6 Å². The summed E-state index contributed by atoms with van der Waals surface area (Å²) in [6.45, 7) is 5.30. The smallest absolute Gasteiger partial charge is 0.369 e. The van der Waals surface area contributed by atoms with E-state index >= 15 is 0 Å². The summed E-state index contributed by atoms with van der Waals surface area (Å²) in [5, 5.41) is 2.98. The summed E-state index contributed by atoms with van der Waals surface area (Å²) >= 11 is 0. The molecule has 0 atom stereocenters. The topological polar surface area (TPSA) is 41.1 Å². The molecular formula is C12H19F3N4. The first-order valence-electron chi connectivity index (χ1n) is 6.17. The lowest BCUT2D eigenvalue weighted by atomic mass is 10.3. The summed E-state index contributed by atoms with van der Waals surface area (Å²) in [6.07, 6.45) is -1.17. The highest BCUT2D eigenvalue weighted by molar-refractivity contribution is 5.30. The van der Waals surface area contributed by atoms with Crippen molar-refractivity contribution in [2.45, 2.75) is 39.5 Å². The van der Waals surface area contributed by atoms with E-state index in [9.17, 15) is 13.2 Å². The van der Waals surface area contributed by atoms with Crippen LogP contribution in [0.4, 0.5) is 19.0 Å². The molecule has 0 aliphatic rings. The molecule has 0 aliphatic heterocycles. The molecule has 0 spiro atoms. The Hall–Kier alpha value is -1.37. The summed E-state index contributed by atoms with van der Waals surface area (Å²) in [5.41, 5.74) is 0.527. The van der Waals surface area contributed by atoms with E-state index in [1.165, 1.54) is 17.3 Å². The molecule has 1 aromatic heterocycles. The van der Waals surface area contributed by atoms with Gasteiger partial charge in [0.05, 0.1) is 24.6 Å². The van der Waals surface area contributed by atoms with Gasteiger partial charge in [-0.05, 0) is 20.8 Å². The molecule has 4 nitrogen and oxygen atoms in total. The first kappa shape index (κ1) is 15.7. The molecule has 0 amide bonds. The Kier molecular flexibility index (Phi) is 5.53. The first-order valence-corrected chi connectivity index (χ1v) is 6.17. The third-order valence-corrected chi connectivity index (χ3v) is 2.54. The van der Waals surface area contributed by atoms with Crippen LogP contribution in [0.3, 0.4) is 0 Å². The highest BCUT2D eigenvalue weighted by atomic mass is 19.4. The maximum atomic E-state index is 12.4. The van der Waals surface area contributed by atoms with Crippen molar-refractivity contribution < 1.29 is 13.2 Å². The van der Waals surface area contributed by atoms with Gasteiger partial charge in [-0.3, -0.25) is 9.88 Å². The molecule has 0 aromatic carbocycles. The molecule has 1 N–H and O–H groups in total. The molecule has 1 aromatic rings. The molecule has 7 heteroatoms. The van der Waals surface area contributed by atoms with Gasteiger partial charge in [0.15, 0.2) is 0 Å². The Labute approximate surface area is 111 Å². The zero-order valence-electron chi connectivity index (χ0n) is 11.3. The van der Waals surface area contributed by atoms with E-state index in [0.29, 0.717) is 11.5 Å². The van der Waals surface area contributed by atoms with Crippen molar-refractivity contribution in [3.8, 4) is 0 Å². The second-order valence-corrected chi connectivity index (χ2v) is 4.54. The predicted octanol–water partition coefficient (Wildman–Crippen LogP) is 2.68. The molecule has 0 radical (unpaired) electrons. The minimum Gasteiger partial charge on any atom is -0.369 e. The van der Waals surface area contributed by atoms with Crippen LogP contribution in [0, 0.1) is 0 Å². The van der Waals surface area contributed by atoms with Crippen LogP contribution in [0.2, 0.25) is 0 Å². The summed E-state index contributed by atoms with van der Waals surface area (Å²) in [5.74, 6) is 0.623. The van der Waals surface area contributed by atoms with Crippen LogP contribution in [0.25, 0.3) is 0 Å². The molecule has 0 fully saturated rings. The maximum Gasteiger partial charge on any atom is 0.401 e. The summed E-state index contributed by atoms with van der Waals surface area (Å²) < 4.78 is 37.3. The van der Waals surface area contributed by atoms with Crippen molar-refractivity contribution in [2.24, 2.45) is 0 Å². The second kappa shape index (κ2) is 6.70. The van der Waals surface area contributed by atoms with Gasteiger partial charge in [-0.1, -0.05) is 0 Å². The molecule has 0 bridgehead atoms. The van der Waals surface area contributed by atoms with Crippen LogP contribution in [0.5, 0.6) is 0 Å². The molecule has 19 heavy (non-hydrogen) atoms. The predicted molar refractivity (Wildman–Crippen MR) is 67.8 cm³/mol. The maximum absolute atomic E-state index is 12.4. The zero-order chi connectivity index (χ0) is 14.5. The van der Waals surface area contributed by atoms with Gasteiger partial charge >= 0.3 is 6.18 Å². The van der Waals surface area contributed by atoms with Gasteiger partial charge < -0.3 is 5.32 Å². The number of alkyl halides is 3. The van der Waals surface area contributed by atoms with Crippen molar-refractivity contribution in [2.75, 3.05) is 18.4 Å². The molecule has 0 saturated heterocycles. The van der Waals surface area contributed by atoms with Gasteiger partial charge in [0, 0.05) is 19.1 Å².